The lowest BCUT2D eigenvalue weighted by Gasteiger charge is -2.29. The van der Waals surface area contributed by atoms with Gasteiger partial charge in [0.2, 0.25) is 5.91 Å². The molecule has 0 unspecified atom stereocenters. The van der Waals surface area contributed by atoms with Crippen LogP contribution in [0, 0.1) is 0 Å². The van der Waals surface area contributed by atoms with E-state index in [1.165, 1.54) is 0 Å². The summed E-state index contributed by atoms with van der Waals surface area (Å²) in [5.41, 5.74) is 0. The third kappa shape index (κ3) is 6.89. The number of amides is 1. The highest BCUT2D eigenvalue weighted by Crippen LogP contribution is 2.09. The van der Waals surface area contributed by atoms with Gasteiger partial charge in [-0.3, -0.25) is 9.69 Å². The highest BCUT2D eigenvalue weighted by atomic mass is 16.3. The molecule has 5 heteroatoms. The Hall–Kier alpha value is -0.650. The van der Waals surface area contributed by atoms with E-state index < -0.39 is 0 Å². The summed E-state index contributed by atoms with van der Waals surface area (Å²) in [5, 5.41) is 12.4. The minimum absolute atomic E-state index is 0.106. The van der Waals surface area contributed by atoms with Crippen LogP contribution >= 0.6 is 0 Å². The van der Waals surface area contributed by atoms with Gasteiger partial charge in [-0.1, -0.05) is 13.8 Å². The molecule has 1 aliphatic heterocycles. The Morgan fingerprint density at radius 2 is 1.95 bits per heavy atom. The zero-order chi connectivity index (χ0) is 14.1. The van der Waals surface area contributed by atoms with Crippen molar-refractivity contribution >= 4 is 5.91 Å². The average Bonchev–Trinajstić information content (AvgIpc) is 2.43. The van der Waals surface area contributed by atoms with E-state index in [2.05, 4.69) is 29.0 Å². The Morgan fingerprint density at radius 1 is 1.32 bits per heavy atom. The van der Waals surface area contributed by atoms with Crippen LogP contribution in [0.1, 0.15) is 33.1 Å². The van der Waals surface area contributed by atoms with E-state index in [1.807, 2.05) is 0 Å². The number of nitrogens with one attached hydrogen (secondary N) is 1. The van der Waals surface area contributed by atoms with Crippen LogP contribution in [0.4, 0.5) is 0 Å². The zero-order valence-electron chi connectivity index (χ0n) is 12.4. The van der Waals surface area contributed by atoms with Gasteiger partial charge in [-0.15, -0.1) is 0 Å². The summed E-state index contributed by atoms with van der Waals surface area (Å²) in [5.74, 6) is 0.123. The van der Waals surface area contributed by atoms with Crippen molar-refractivity contribution in [1.29, 1.82) is 0 Å². The molecular formula is C14H29N3O2. The van der Waals surface area contributed by atoms with Crippen molar-refractivity contribution in [2.75, 3.05) is 45.8 Å². The maximum atomic E-state index is 11.7. The zero-order valence-corrected chi connectivity index (χ0v) is 12.4. The van der Waals surface area contributed by atoms with Gasteiger partial charge in [0.1, 0.15) is 0 Å². The van der Waals surface area contributed by atoms with E-state index in [9.17, 15) is 9.90 Å². The Kier molecular flexibility index (Phi) is 8.02. The lowest BCUT2D eigenvalue weighted by Crippen LogP contribution is -2.39. The molecule has 5 nitrogen and oxygen atoms in total. The van der Waals surface area contributed by atoms with Gasteiger partial charge in [-0.25, -0.2) is 0 Å². The molecule has 19 heavy (non-hydrogen) atoms. The second kappa shape index (κ2) is 9.28. The minimum atomic E-state index is -0.106. The van der Waals surface area contributed by atoms with E-state index in [1.54, 1.807) is 0 Å². The van der Waals surface area contributed by atoms with E-state index in [0.29, 0.717) is 6.54 Å². The van der Waals surface area contributed by atoms with Gasteiger partial charge in [0.15, 0.2) is 0 Å². The van der Waals surface area contributed by atoms with Gasteiger partial charge in [0, 0.05) is 19.6 Å². The molecule has 0 aromatic carbocycles. The van der Waals surface area contributed by atoms with Crippen molar-refractivity contribution < 1.29 is 9.90 Å². The fourth-order valence-electron chi connectivity index (χ4n) is 2.38. The summed E-state index contributed by atoms with van der Waals surface area (Å²) in [6.45, 7) is 10.2. The first-order valence-electron chi connectivity index (χ1n) is 7.55. The number of piperidine rings is 1. The molecule has 0 spiro atoms. The van der Waals surface area contributed by atoms with Crippen molar-refractivity contribution in [1.82, 2.24) is 15.1 Å². The van der Waals surface area contributed by atoms with Gasteiger partial charge < -0.3 is 15.3 Å². The maximum Gasteiger partial charge on any atom is 0.234 e. The summed E-state index contributed by atoms with van der Waals surface area (Å²) < 4.78 is 0. The summed E-state index contributed by atoms with van der Waals surface area (Å²) in [6, 6.07) is 0. The molecule has 0 radical (unpaired) electrons. The number of carbonyl (C=O) groups is 1. The van der Waals surface area contributed by atoms with E-state index in [-0.39, 0.29) is 12.0 Å². The number of likely N-dealkylation sites (tertiary alicyclic amines) is 1. The Morgan fingerprint density at radius 3 is 2.53 bits per heavy atom. The van der Waals surface area contributed by atoms with Crippen LogP contribution in [0.2, 0.25) is 0 Å². The highest BCUT2D eigenvalue weighted by molar-refractivity contribution is 5.77. The third-order valence-corrected chi connectivity index (χ3v) is 3.79. The lowest BCUT2D eigenvalue weighted by atomic mass is 10.1. The molecule has 0 aromatic heterocycles. The molecule has 1 fully saturated rings. The fraction of sp³-hybridized carbons (Fsp3) is 0.929. The van der Waals surface area contributed by atoms with Crippen LogP contribution in [-0.2, 0) is 4.79 Å². The molecule has 0 aliphatic carbocycles. The van der Waals surface area contributed by atoms with Crippen LogP contribution < -0.4 is 5.32 Å². The van der Waals surface area contributed by atoms with Gasteiger partial charge in [0.05, 0.1) is 12.6 Å². The predicted octanol–water partition coefficient (Wildman–Crippen LogP) is 0.291. The van der Waals surface area contributed by atoms with E-state index >= 15 is 0 Å². The molecule has 0 aromatic rings. The van der Waals surface area contributed by atoms with Crippen molar-refractivity contribution in [3.63, 3.8) is 0 Å². The quantitative estimate of drug-likeness (QED) is 0.623. The van der Waals surface area contributed by atoms with Crippen molar-refractivity contribution in [3.05, 3.63) is 0 Å². The smallest absolute Gasteiger partial charge is 0.234 e. The van der Waals surface area contributed by atoms with Gasteiger partial charge >= 0.3 is 0 Å². The molecule has 0 bridgehead atoms. The Bertz CT molecular complexity index is 249. The summed E-state index contributed by atoms with van der Waals surface area (Å²) in [4.78, 5) is 16.1. The maximum absolute atomic E-state index is 11.7. The molecule has 0 atom stereocenters. The lowest BCUT2D eigenvalue weighted by molar-refractivity contribution is -0.122. The molecule has 1 aliphatic rings. The number of aliphatic hydroxyl groups is 1. The number of likely N-dealkylation sites (N-methyl/N-ethyl adjacent to an activating group) is 1. The van der Waals surface area contributed by atoms with Gasteiger partial charge in [0.25, 0.3) is 0 Å². The van der Waals surface area contributed by atoms with Crippen molar-refractivity contribution in [3.8, 4) is 0 Å². The first-order chi connectivity index (χ1) is 9.15. The van der Waals surface area contributed by atoms with Crippen molar-refractivity contribution in [2.45, 2.75) is 39.2 Å². The standard InChI is InChI=1S/C14H29N3O2/c1-3-16(4-2)12-14(19)15-8-5-9-17-10-6-13(18)7-11-17/h13,18H,3-12H2,1-2H3,(H,15,19). The van der Waals surface area contributed by atoms with Gasteiger partial charge in [-0.05, 0) is 38.9 Å². The number of hydrogen-bond donors (Lipinski definition) is 2. The topological polar surface area (TPSA) is 55.8 Å². The Labute approximate surface area is 117 Å². The van der Waals surface area contributed by atoms with E-state index in [0.717, 1.165) is 58.5 Å². The number of aliphatic hydroxyl groups excluding tert-OH is 1. The fourth-order valence-corrected chi connectivity index (χ4v) is 2.38. The monoisotopic (exact) mass is 271 g/mol. The molecule has 112 valence electrons. The largest absolute Gasteiger partial charge is 0.393 e. The van der Waals surface area contributed by atoms with E-state index in [4.69, 9.17) is 0 Å². The van der Waals surface area contributed by atoms with Gasteiger partial charge in [-0.2, -0.15) is 0 Å². The molecule has 1 heterocycles. The summed E-state index contributed by atoms with van der Waals surface area (Å²) >= 11 is 0. The molecule has 0 saturated carbocycles. The first kappa shape index (κ1) is 16.4. The highest BCUT2D eigenvalue weighted by Gasteiger charge is 2.16. The van der Waals surface area contributed by atoms with Crippen LogP contribution in [0.15, 0.2) is 0 Å². The minimum Gasteiger partial charge on any atom is -0.393 e. The van der Waals surface area contributed by atoms with Crippen LogP contribution in [0.25, 0.3) is 0 Å². The summed E-state index contributed by atoms with van der Waals surface area (Å²) in [6.07, 6.45) is 2.65. The molecule has 2 N–H and O–H groups in total. The number of rotatable bonds is 8. The first-order valence-corrected chi connectivity index (χ1v) is 7.55. The Balaban J connectivity index is 2.02. The number of carbonyl (C=O) groups excluding carboxylic acids is 1. The third-order valence-electron chi connectivity index (χ3n) is 3.79. The SMILES string of the molecule is CCN(CC)CC(=O)NCCCN1CCC(O)CC1. The second-order valence-corrected chi connectivity index (χ2v) is 5.24. The van der Waals surface area contributed by atoms with Crippen LogP contribution in [0.3, 0.4) is 0 Å². The molecule has 1 amide bonds. The normalized spacial score (nSPS) is 17.9. The second-order valence-electron chi connectivity index (χ2n) is 5.24. The number of hydrogen-bond acceptors (Lipinski definition) is 4. The number of nitrogens with zero attached hydrogens (tertiary/aromatic N) is 2. The predicted molar refractivity (Wildman–Crippen MR) is 77.1 cm³/mol. The molecule has 1 saturated heterocycles. The molecular weight excluding hydrogens is 242 g/mol. The van der Waals surface area contributed by atoms with Crippen molar-refractivity contribution in [2.24, 2.45) is 0 Å². The van der Waals surface area contributed by atoms with Crippen LogP contribution in [0.5, 0.6) is 0 Å². The average molecular weight is 271 g/mol. The summed E-state index contributed by atoms with van der Waals surface area (Å²) in [7, 11) is 0. The van der Waals surface area contributed by atoms with Crippen LogP contribution in [-0.4, -0.2) is 72.7 Å². The molecule has 1 rings (SSSR count).